The molecule has 3 amide bonds. The molecular formula is C39H41F3N8O5. The smallest absolute Gasteiger partial charge is 0.391 e. The number of aliphatic hydroxyl groups excluding tert-OH is 1. The average Bonchev–Trinajstić information content (AvgIpc) is 3.69. The molecule has 1 saturated carbocycles. The Bertz CT molecular complexity index is 2360. The van der Waals surface area contributed by atoms with Gasteiger partial charge in [-0.25, -0.2) is 9.78 Å². The highest BCUT2D eigenvalue weighted by molar-refractivity contribution is 6.04. The predicted molar refractivity (Wildman–Crippen MR) is 196 cm³/mol. The van der Waals surface area contributed by atoms with Crippen LogP contribution in [-0.2, 0) is 22.8 Å². The molecule has 2 aliphatic heterocycles. The second kappa shape index (κ2) is 14.4. The Balaban J connectivity index is 0.872. The number of hydrogen-bond donors (Lipinski definition) is 3. The van der Waals surface area contributed by atoms with E-state index in [1.54, 1.807) is 29.8 Å². The van der Waals surface area contributed by atoms with Gasteiger partial charge >= 0.3 is 11.9 Å². The van der Waals surface area contributed by atoms with Crippen LogP contribution in [0.15, 0.2) is 65.6 Å². The molecule has 2 aromatic carbocycles. The topological polar surface area (TPSA) is 156 Å². The van der Waals surface area contributed by atoms with Gasteiger partial charge in [-0.2, -0.15) is 18.3 Å². The van der Waals surface area contributed by atoms with Gasteiger partial charge in [-0.3, -0.25) is 33.5 Å². The van der Waals surface area contributed by atoms with E-state index in [4.69, 9.17) is 5.10 Å². The van der Waals surface area contributed by atoms with Gasteiger partial charge in [0.05, 0.1) is 28.7 Å². The number of carbonyl (C=O) groups is 3. The lowest BCUT2D eigenvalue weighted by atomic mass is 9.83. The number of piperidine rings is 2. The molecule has 3 atom stereocenters. The number of aromatic nitrogens is 5. The maximum atomic E-state index is 13.4. The number of imidazole rings is 1. The number of likely N-dealkylation sites (tertiary alicyclic amines) is 1. The van der Waals surface area contributed by atoms with Crippen LogP contribution >= 0.6 is 0 Å². The van der Waals surface area contributed by atoms with Crippen LogP contribution in [0.1, 0.15) is 84.7 Å². The van der Waals surface area contributed by atoms with Gasteiger partial charge in [0.25, 0.3) is 5.91 Å². The van der Waals surface area contributed by atoms with Gasteiger partial charge in [0.2, 0.25) is 11.8 Å². The van der Waals surface area contributed by atoms with Crippen molar-refractivity contribution in [2.45, 2.75) is 75.2 Å². The fraction of sp³-hybridized carbons (Fsp3) is 0.436. The largest absolute Gasteiger partial charge is 0.433 e. The molecule has 0 spiro atoms. The molecule has 3 fully saturated rings. The third-order valence-corrected chi connectivity index (χ3v) is 11.5. The lowest BCUT2D eigenvalue weighted by Crippen LogP contribution is -2.45. The molecule has 1 unspecified atom stereocenters. The van der Waals surface area contributed by atoms with Crippen molar-refractivity contribution in [2.75, 3.05) is 25.0 Å². The van der Waals surface area contributed by atoms with E-state index in [2.05, 4.69) is 20.5 Å². The number of aliphatic hydroxyl groups is 1. The summed E-state index contributed by atoms with van der Waals surface area (Å²) < 4.78 is 44.2. The maximum Gasteiger partial charge on any atom is 0.433 e. The number of amides is 3. The number of fused-ring (bicyclic) bond motifs is 2. The average molecular weight is 759 g/mol. The number of carbonyl (C=O) groups excluding carboxylic acids is 3. The highest BCUT2D eigenvalue weighted by atomic mass is 19.4. The quantitative estimate of drug-likeness (QED) is 0.198. The zero-order valence-corrected chi connectivity index (χ0v) is 30.1. The molecule has 55 heavy (non-hydrogen) atoms. The summed E-state index contributed by atoms with van der Waals surface area (Å²) >= 11 is 0. The standard InChI is InChI=1S/C39H41F3N8O5/c1-47-35-27(4-2-6-30(35)50(38(47)55)31-14-15-34(52)45-37(31)54)26-16-17-48(21-32(26)51)19-22-8-11-25(12-9-22)49-20-23-18-24(10-13-28(23)46-49)43-36(53)29-5-3-7-33(44-29)39(40,41)42/h2-7,10,13,18,20,22,25-26,31-32,51H,8-9,11-12,14-17,19,21H2,1H3,(H,43,53)(H,45,52,54)/t22?,25?,26-,31?,32+/m1/s1. The molecule has 3 aromatic heterocycles. The molecule has 8 rings (SSSR count). The lowest BCUT2D eigenvalue weighted by Gasteiger charge is -2.39. The number of benzene rings is 2. The monoisotopic (exact) mass is 758 g/mol. The zero-order chi connectivity index (χ0) is 38.6. The van der Waals surface area contributed by atoms with E-state index in [1.165, 1.54) is 10.6 Å². The van der Waals surface area contributed by atoms with Crippen molar-refractivity contribution in [3.05, 3.63) is 88.2 Å². The fourth-order valence-electron chi connectivity index (χ4n) is 8.70. The van der Waals surface area contributed by atoms with Crippen LogP contribution in [0.2, 0.25) is 0 Å². The van der Waals surface area contributed by atoms with Crippen LogP contribution in [-0.4, -0.2) is 77.4 Å². The van der Waals surface area contributed by atoms with Gasteiger partial charge in [-0.05, 0) is 92.9 Å². The molecule has 0 bridgehead atoms. The predicted octanol–water partition coefficient (Wildman–Crippen LogP) is 4.92. The van der Waals surface area contributed by atoms with Crippen LogP contribution in [0.3, 0.4) is 0 Å². The Hall–Kier alpha value is -5.35. The molecule has 5 aromatic rings. The first-order chi connectivity index (χ1) is 26.3. The third-order valence-electron chi connectivity index (χ3n) is 11.5. The molecule has 13 nitrogen and oxygen atoms in total. The lowest BCUT2D eigenvalue weighted by molar-refractivity contribution is -0.141. The van der Waals surface area contributed by atoms with E-state index in [0.29, 0.717) is 35.6 Å². The van der Waals surface area contributed by atoms with E-state index < -0.39 is 35.8 Å². The van der Waals surface area contributed by atoms with E-state index in [1.807, 2.05) is 29.1 Å². The second-order valence-electron chi connectivity index (χ2n) is 15.0. The molecule has 288 valence electrons. The summed E-state index contributed by atoms with van der Waals surface area (Å²) in [5.41, 5.74) is 1.59. The highest BCUT2D eigenvalue weighted by Crippen LogP contribution is 2.37. The SMILES string of the molecule is Cn1c(=O)n(C2CCC(=O)NC2=O)c2cccc([C@H]3CCN(CC4CCC(n5cc6cc(NC(=O)c7cccc(C(F)(F)F)n7)ccc6n5)CC4)C[C@@H]3O)c21. The number of aryl methyl sites for hydroxylation is 1. The van der Waals surface area contributed by atoms with Crippen LogP contribution in [0.5, 0.6) is 0 Å². The number of halogens is 3. The number of pyridine rings is 1. The molecule has 3 aliphatic rings. The van der Waals surface area contributed by atoms with Crippen LogP contribution < -0.4 is 16.3 Å². The summed E-state index contributed by atoms with van der Waals surface area (Å²) in [5, 5.41) is 22.0. The van der Waals surface area contributed by atoms with Gasteiger partial charge in [0.15, 0.2) is 0 Å². The fourth-order valence-corrected chi connectivity index (χ4v) is 8.70. The second-order valence-corrected chi connectivity index (χ2v) is 15.0. The Morgan fingerprint density at radius 3 is 2.53 bits per heavy atom. The summed E-state index contributed by atoms with van der Waals surface area (Å²) in [5.74, 6) is -1.28. The number of β-amino-alcohol motifs (C(OH)–C–C–N with tert-alkyl or cyclic N) is 1. The first-order valence-electron chi connectivity index (χ1n) is 18.6. The normalized spacial score (nSPS) is 24.0. The summed E-state index contributed by atoms with van der Waals surface area (Å²) in [7, 11) is 1.68. The summed E-state index contributed by atoms with van der Waals surface area (Å²) in [6.45, 7) is 2.18. The van der Waals surface area contributed by atoms with E-state index in [0.717, 1.165) is 67.4 Å². The Morgan fingerprint density at radius 1 is 1.00 bits per heavy atom. The highest BCUT2D eigenvalue weighted by Gasteiger charge is 2.36. The van der Waals surface area contributed by atoms with Crippen LogP contribution in [0.25, 0.3) is 21.9 Å². The van der Waals surface area contributed by atoms with Crippen molar-refractivity contribution in [3.63, 3.8) is 0 Å². The van der Waals surface area contributed by atoms with Gasteiger partial charge in [-0.15, -0.1) is 0 Å². The minimum Gasteiger partial charge on any atom is -0.391 e. The summed E-state index contributed by atoms with van der Waals surface area (Å²) in [6, 6.07) is 13.5. The minimum absolute atomic E-state index is 0.166. The van der Waals surface area contributed by atoms with Gasteiger partial charge in [-0.1, -0.05) is 18.2 Å². The Morgan fingerprint density at radius 2 is 1.78 bits per heavy atom. The Kier molecular flexibility index (Phi) is 9.57. The number of nitrogens with zero attached hydrogens (tertiary/aromatic N) is 6. The van der Waals surface area contributed by atoms with Gasteiger partial charge < -0.3 is 15.3 Å². The molecule has 2 saturated heterocycles. The van der Waals surface area contributed by atoms with Crippen molar-refractivity contribution in [2.24, 2.45) is 13.0 Å². The van der Waals surface area contributed by atoms with Crippen molar-refractivity contribution < 1.29 is 32.7 Å². The number of hydrogen-bond acceptors (Lipinski definition) is 8. The minimum atomic E-state index is -4.65. The van der Waals surface area contributed by atoms with Crippen molar-refractivity contribution in [1.82, 2.24) is 34.1 Å². The van der Waals surface area contributed by atoms with Crippen molar-refractivity contribution in [1.29, 1.82) is 0 Å². The third kappa shape index (κ3) is 7.15. The number of para-hydroxylation sites is 1. The van der Waals surface area contributed by atoms with Gasteiger partial charge in [0, 0.05) is 49.7 Å². The number of rotatable bonds is 7. The van der Waals surface area contributed by atoms with E-state index in [-0.39, 0.29) is 42.1 Å². The molecule has 0 radical (unpaired) electrons. The van der Waals surface area contributed by atoms with E-state index >= 15 is 0 Å². The van der Waals surface area contributed by atoms with Crippen LogP contribution in [0.4, 0.5) is 18.9 Å². The summed E-state index contributed by atoms with van der Waals surface area (Å²) in [4.78, 5) is 56.4. The molecular weight excluding hydrogens is 717 g/mol. The van der Waals surface area contributed by atoms with Crippen molar-refractivity contribution >= 4 is 45.3 Å². The van der Waals surface area contributed by atoms with Crippen molar-refractivity contribution in [3.8, 4) is 0 Å². The van der Waals surface area contributed by atoms with Gasteiger partial charge in [0.1, 0.15) is 17.4 Å². The number of nitrogens with one attached hydrogen (secondary N) is 2. The molecule has 5 heterocycles. The first kappa shape index (κ1) is 36.6. The molecule has 1 aliphatic carbocycles. The Labute approximate surface area is 313 Å². The summed E-state index contributed by atoms with van der Waals surface area (Å²) in [6.07, 6.45) is 1.65. The number of alkyl halides is 3. The maximum absolute atomic E-state index is 13.4. The van der Waals surface area contributed by atoms with Crippen LogP contribution in [0, 0.1) is 5.92 Å². The van der Waals surface area contributed by atoms with E-state index in [9.17, 15) is 37.5 Å². The molecule has 16 heteroatoms. The number of imide groups is 1. The first-order valence-corrected chi connectivity index (χ1v) is 18.6. The zero-order valence-electron chi connectivity index (χ0n) is 30.1. The molecule has 3 N–H and O–H groups in total. The number of anilines is 1.